The molecule has 0 saturated heterocycles. The molecule has 0 bridgehead atoms. The molecule has 2 aromatic rings. The average Bonchev–Trinajstić information content (AvgIpc) is 3.00. The molecule has 1 aliphatic carbocycles. The van der Waals surface area contributed by atoms with E-state index in [4.69, 9.17) is 10.2 Å². The SMILES string of the molecule is CSc1ncc2c(N)cc(=O)n([C@@H]3CC[C@@H](O[Si](C)(C)C(C)(C)C)C3)c2n1. The molecule has 2 N–H and O–H groups in total. The number of pyridine rings is 1. The third-order valence-corrected chi connectivity index (χ3v) is 11.1. The molecule has 0 spiro atoms. The first-order chi connectivity index (χ1) is 12.5. The lowest BCUT2D eigenvalue weighted by molar-refractivity contribution is 0.183. The van der Waals surface area contributed by atoms with Crippen LogP contribution in [0.2, 0.25) is 18.1 Å². The molecule has 2 heterocycles. The van der Waals surface area contributed by atoms with Crippen molar-refractivity contribution in [3.8, 4) is 0 Å². The van der Waals surface area contributed by atoms with Gasteiger partial charge in [-0.1, -0.05) is 32.5 Å². The third-order valence-electron chi connectivity index (χ3n) is 5.97. The minimum absolute atomic E-state index is 0.0833. The van der Waals surface area contributed by atoms with Gasteiger partial charge in [-0.2, -0.15) is 0 Å². The highest BCUT2D eigenvalue weighted by Crippen LogP contribution is 2.41. The Morgan fingerprint density at radius 1 is 1.33 bits per heavy atom. The Balaban J connectivity index is 1.94. The first-order valence-corrected chi connectivity index (χ1v) is 13.6. The average molecular weight is 407 g/mol. The molecular weight excluding hydrogens is 376 g/mol. The van der Waals surface area contributed by atoms with Crippen LogP contribution in [0.5, 0.6) is 0 Å². The van der Waals surface area contributed by atoms with Crippen LogP contribution in [-0.4, -0.2) is 35.2 Å². The van der Waals surface area contributed by atoms with Gasteiger partial charge in [0.15, 0.2) is 13.5 Å². The zero-order valence-corrected chi connectivity index (χ0v) is 18.9. The molecule has 3 rings (SSSR count). The number of aromatic nitrogens is 3. The maximum absolute atomic E-state index is 12.8. The summed E-state index contributed by atoms with van der Waals surface area (Å²) < 4.78 is 8.41. The van der Waals surface area contributed by atoms with E-state index in [0.717, 1.165) is 24.6 Å². The van der Waals surface area contributed by atoms with Crippen LogP contribution in [0.15, 0.2) is 22.2 Å². The molecule has 0 amide bonds. The summed E-state index contributed by atoms with van der Waals surface area (Å²) in [4.78, 5) is 21.7. The highest BCUT2D eigenvalue weighted by atomic mass is 32.2. The molecule has 0 aromatic carbocycles. The van der Waals surface area contributed by atoms with Crippen LogP contribution in [0.4, 0.5) is 5.69 Å². The summed E-state index contributed by atoms with van der Waals surface area (Å²) in [6.45, 7) is 11.3. The normalized spacial score (nSPS) is 21.1. The van der Waals surface area contributed by atoms with Crippen molar-refractivity contribution < 1.29 is 4.43 Å². The van der Waals surface area contributed by atoms with Gasteiger partial charge in [0.2, 0.25) is 0 Å². The van der Waals surface area contributed by atoms with Crippen LogP contribution in [0.25, 0.3) is 11.0 Å². The molecule has 0 unspecified atom stereocenters. The van der Waals surface area contributed by atoms with Crippen molar-refractivity contribution in [1.29, 1.82) is 0 Å². The summed E-state index contributed by atoms with van der Waals surface area (Å²) in [5.74, 6) is 0. The third kappa shape index (κ3) is 3.93. The Morgan fingerprint density at radius 2 is 2.04 bits per heavy atom. The molecule has 1 saturated carbocycles. The molecule has 0 aliphatic heterocycles. The predicted molar refractivity (Wildman–Crippen MR) is 115 cm³/mol. The second kappa shape index (κ2) is 7.22. The van der Waals surface area contributed by atoms with Crippen molar-refractivity contribution in [1.82, 2.24) is 14.5 Å². The molecule has 2 atom stereocenters. The topological polar surface area (TPSA) is 83.0 Å². The minimum atomic E-state index is -1.83. The zero-order chi connectivity index (χ0) is 20.0. The number of fused-ring (bicyclic) bond motifs is 1. The van der Waals surface area contributed by atoms with Crippen LogP contribution < -0.4 is 11.3 Å². The lowest BCUT2D eigenvalue weighted by atomic mass is 10.2. The highest BCUT2D eigenvalue weighted by molar-refractivity contribution is 7.98. The number of hydrogen-bond donors (Lipinski definition) is 1. The van der Waals surface area contributed by atoms with Crippen LogP contribution in [-0.2, 0) is 4.43 Å². The second-order valence-electron chi connectivity index (χ2n) is 8.87. The molecule has 8 heteroatoms. The molecular formula is C19H30N4O2SSi. The quantitative estimate of drug-likeness (QED) is 0.465. The summed E-state index contributed by atoms with van der Waals surface area (Å²) in [6, 6.07) is 1.58. The monoisotopic (exact) mass is 406 g/mol. The fourth-order valence-electron chi connectivity index (χ4n) is 3.43. The standard InChI is InChI=1S/C19H30N4O2SSi/c1-19(2,3)27(5,6)25-13-8-7-12(9-13)23-16(24)10-15(20)14-11-21-18(26-4)22-17(14)23/h10-13H,7-9,20H2,1-6H3/t12-,13-/m1/s1. The van der Waals surface area contributed by atoms with E-state index in [1.165, 1.54) is 17.8 Å². The Hall–Kier alpha value is -1.38. The smallest absolute Gasteiger partial charge is 0.254 e. The Kier molecular flexibility index (Phi) is 5.44. The second-order valence-corrected chi connectivity index (χ2v) is 14.4. The maximum Gasteiger partial charge on any atom is 0.254 e. The van der Waals surface area contributed by atoms with Crippen molar-refractivity contribution in [2.75, 3.05) is 12.0 Å². The Bertz CT molecular complexity index is 907. The van der Waals surface area contributed by atoms with E-state index in [9.17, 15) is 4.79 Å². The van der Waals surface area contributed by atoms with Crippen molar-refractivity contribution in [2.45, 2.75) is 75.5 Å². The largest absolute Gasteiger partial charge is 0.414 e. The van der Waals surface area contributed by atoms with Gasteiger partial charge in [-0.05, 0) is 43.7 Å². The van der Waals surface area contributed by atoms with Gasteiger partial charge >= 0.3 is 0 Å². The van der Waals surface area contributed by atoms with Crippen LogP contribution in [0.3, 0.4) is 0 Å². The highest BCUT2D eigenvalue weighted by Gasteiger charge is 2.41. The molecule has 2 aromatic heterocycles. The number of nitrogens with zero attached hydrogens (tertiary/aromatic N) is 3. The van der Waals surface area contributed by atoms with Gasteiger partial charge in [-0.3, -0.25) is 9.36 Å². The number of thioether (sulfide) groups is 1. The van der Waals surface area contributed by atoms with Gasteiger partial charge in [0.1, 0.15) is 5.65 Å². The number of rotatable bonds is 4. The predicted octanol–water partition coefficient (Wildman–Crippen LogP) is 4.21. The van der Waals surface area contributed by atoms with Crippen LogP contribution in [0.1, 0.15) is 46.1 Å². The van der Waals surface area contributed by atoms with Gasteiger partial charge in [0.05, 0.1) is 5.39 Å². The van der Waals surface area contributed by atoms with Gasteiger partial charge in [0.25, 0.3) is 5.56 Å². The van der Waals surface area contributed by atoms with E-state index >= 15 is 0 Å². The number of hydrogen-bond acceptors (Lipinski definition) is 6. The summed E-state index contributed by atoms with van der Waals surface area (Å²) in [5, 5.41) is 1.56. The van der Waals surface area contributed by atoms with Crippen molar-refractivity contribution in [3.63, 3.8) is 0 Å². The van der Waals surface area contributed by atoms with Crippen molar-refractivity contribution >= 4 is 36.8 Å². The molecule has 0 radical (unpaired) electrons. The Morgan fingerprint density at radius 3 is 2.67 bits per heavy atom. The van der Waals surface area contributed by atoms with Crippen LogP contribution >= 0.6 is 11.8 Å². The lowest BCUT2D eigenvalue weighted by Crippen LogP contribution is -2.43. The maximum atomic E-state index is 12.8. The molecule has 1 fully saturated rings. The fourth-order valence-corrected chi connectivity index (χ4v) is 5.17. The molecule has 27 heavy (non-hydrogen) atoms. The summed E-state index contributed by atoms with van der Waals surface area (Å²) in [6.07, 6.45) is 6.56. The van der Waals surface area contributed by atoms with Gasteiger partial charge < -0.3 is 10.2 Å². The summed E-state index contributed by atoms with van der Waals surface area (Å²) >= 11 is 1.46. The van der Waals surface area contributed by atoms with E-state index in [1.54, 1.807) is 6.20 Å². The molecule has 6 nitrogen and oxygen atoms in total. The van der Waals surface area contributed by atoms with E-state index < -0.39 is 8.32 Å². The fraction of sp³-hybridized carbons (Fsp3) is 0.632. The number of anilines is 1. The van der Waals surface area contributed by atoms with Crippen molar-refractivity contribution in [2.24, 2.45) is 0 Å². The first kappa shape index (κ1) is 20.4. The van der Waals surface area contributed by atoms with Gasteiger partial charge in [-0.25, -0.2) is 9.97 Å². The van der Waals surface area contributed by atoms with Gasteiger partial charge in [-0.15, -0.1) is 0 Å². The summed E-state index contributed by atoms with van der Waals surface area (Å²) in [5.41, 5.74) is 7.03. The Labute approximate surface area is 166 Å². The first-order valence-electron chi connectivity index (χ1n) is 9.43. The zero-order valence-electron chi connectivity index (χ0n) is 17.1. The van der Waals surface area contributed by atoms with E-state index in [-0.39, 0.29) is 22.7 Å². The van der Waals surface area contributed by atoms with Gasteiger partial charge in [0, 0.05) is 30.1 Å². The minimum Gasteiger partial charge on any atom is -0.414 e. The lowest BCUT2D eigenvalue weighted by Gasteiger charge is -2.38. The van der Waals surface area contributed by atoms with E-state index in [1.807, 2.05) is 10.8 Å². The summed E-state index contributed by atoms with van der Waals surface area (Å²) in [7, 11) is -1.83. The van der Waals surface area contributed by atoms with Crippen molar-refractivity contribution in [3.05, 3.63) is 22.6 Å². The molecule has 1 aliphatic rings. The van der Waals surface area contributed by atoms with E-state index in [2.05, 4.69) is 43.8 Å². The van der Waals surface area contributed by atoms with E-state index in [0.29, 0.717) is 16.5 Å². The number of nitrogen functional groups attached to an aromatic ring is 1. The number of nitrogens with two attached hydrogens (primary N) is 1. The molecule has 148 valence electrons. The van der Waals surface area contributed by atoms with Crippen LogP contribution in [0, 0.1) is 0 Å².